The second kappa shape index (κ2) is 8.07. The molecule has 0 aromatic carbocycles. The number of aromatic amines is 1. The van der Waals surface area contributed by atoms with Gasteiger partial charge in [-0.05, 0) is 25.1 Å². The number of hydrogen-bond acceptors (Lipinski definition) is 5. The predicted molar refractivity (Wildman–Crippen MR) is 95.6 cm³/mol. The van der Waals surface area contributed by atoms with E-state index in [4.69, 9.17) is 9.16 Å². The number of carbonyl (C=O) groups is 2. The summed E-state index contributed by atoms with van der Waals surface area (Å²) < 4.78 is 11.8. The summed E-state index contributed by atoms with van der Waals surface area (Å²) in [7, 11) is -2.02. The van der Waals surface area contributed by atoms with Crippen LogP contribution in [0.3, 0.4) is 0 Å². The zero-order valence-corrected chi connectivity index (χ0v) is 16.8. The monoisotopic (exact) mass is 354 g/mol. The molecule has 0 aliphatic heterocycles. The number of rotatable bonds is 8. The zero-order valence-electron chi connectivity index (χ0n) is 15.8. The fourth-order valence-corrected chi connectivity index (χ4v) is 3.43. The van der Waals surface area contributed by atoms with Crippen LogP contribution in [-0.2, 0) is 20.4 Å². The van der Waals surface area contributed by atoms with E-state index in [0.29, 0.717) is 12.1 Å². The number of ether oxygens (including phenoxy) is 1. The van der Waals surface area contributed by atoms with Crippen molar-refractivity contribution >= 4 is 20.6 Å². The first kappa shape index (κ1) is 20.6. The molecular formula is C17H30N2O4Si. The first-order valence-electron chi connectivity index (χ1n) is 8.38. The topological polar surface area (TPSA) is 81.3 Å². The Morgan fingerprint density at radius 1 is 1.42 bits per heavy atom. The summed E-state index contributed by atoms with van der Waals surface area (Å²) in [6.07, 6.45) is 2.06. The van der Waals surface area contributed by atoms with E-state index >= 15 is 0 Å². The molecule has 1 aromatic rings. The van der Waals surface area contributed by atoms with Crippen molar-refractivity contribution in [3.05, 3.63) is 17.7 Å². The molecule has 1 rings (SSSR count). The van der Waals surface area contributed by atoms with Crippen LogP contribution in [0, 0.1) is 0 Å². The Morgan fingerprint density at radius 3 is 2.50 bits per heavy atom. The van der Waals surface area contributed by atoms with Crippen molar-refractivity contribution < 1.29 is 18.8 Å². The highest BCUT2D eigenvalue weighted by Crippen LogP contribution is 2.37. The fourth-order valence-electron chi connectivity index (χ4n) is 1.99. The van der Waals surface area contributed by atoms with Crippen molar-refractivity contribution in [2.24, 2.45) is 0 Å². The summed E-state index contributed by atoms with van der Waals surface area (Å²) in [4.78, 5) is 30.3. The summed E-state index contributed by atoms with van der Waals surface area (Å²) in [5, 5.41) is 0.0381. The summed E-state index contributed by atoms with van der Waals surface area (Å²) in [5.74, 6) is 0.208. The van der Waals surface area contributed by atoms with Gasteiger partial charge in [0.05, 0.1) is 12.3 Å². The molecule has 0 amide bonds. The Labute approximate surface area is 145 Å². The summed E-state index contributed by atoms with van der Waals surface area (Å²) >= 11 is 0. The third-order valence-corrected chi connectivity index (χ3v) is 9.15. The van der Waals surface area contributed by atoms with Gasteiger partial charge in [0, 0.05) is 12.8 Å². The minimum absolute atomic E-state index is 0.0381. The van der Waals surface area contributed by atoms with Crippen molar-refractivity contribution in [3.63, 3.8) is 0 Å². The van der Waals surface area contributed by atoms with Crippen LogP contribution in [-0.4, -0.2) is 42.7 Å². The number of carbonyl (C=O) groups excluding carboxylic acids is 2. The number of aromatic nitrogens is 2. The zero-order chi connectivity index (χ0) is 18.5. The lowest BCUT2D eigenvalue weighted by Gasteiger charge is -2.39. The van der Waals surface area contributed by atoms with Crippen molar-refractivity contribution in [3.8, 4) is 0 Å². The number of imidazole rings is 1. The van der Waals surface area contributed by atoms with E-state index in [-0.39, 0.29) is 17.6 Å². The Morgan fingerprint density at radius 2 is 2.04 bits per heavy atom. The highest BCUT2D eigenvalue weighted by Gasteiger charge is 2.40. The van der Waals surface area contributed by atoms with Crippen molar-refractivity contribution in [1.82, 2.24) is 9.97 Å². The van der Waals surface area contributed by atoms with Gasteiger partial charge in [-0.3, -0.25) is 0 Å². The number of hydrogen-bond donors (Lipinski definition) is 1. The van der Waals surface area contributed by atoms with E-state index in [9.17, 15) is 9.59 Å². The predicted octanol–water partition coefficient (Wildman–Crippen LogP) is 3.50. The summed E-state index contributed by atoms with van der Waals surface area (Å²) in [6.45, 7) is 14.5. The molecule has 0 saturated carbocycles. The Kier molecular flexibility index (Phi) is 6.92. The molecule has 0 aliphatic carbocycles. The average molecular weight is 355 g/mol. The minimum atomic E-state index is -2.02. The van der Waals surface area contributed by atoms with Crippen LogP contribution in [0.5, 0.6) is 0 Å². The standard InChI is InChI=1S/C17H30N2O4Si/c1-8-15-18-11-13(19-15)16(21)22-14(9-10-20)12(2)23-24(6,7)17(3,4)5/h10-12,14H,8-9H2,1-7H3,(H,18,19)/t12-,14+/m0/s1. The van der Waals surface area contributed by atoms with E-state index < -0.39 is 20.4 Å². The largest absolute Gasteiger partial charge is 0.455 e. The van der Waals surface area contributed by atoms with Crippen LogP contribution in [0.1, 0.15) is 57.4 Å². The molecular weight excluding hydrogens is 324 g/mol. The molecule has 7 heteroatoms. The molecule has 0 fully saturated rings. The third-order valence-electron chi connectivity index (χ3n) is 4.58. The van der Waals surface area contributed by atoms with Crippen molar-refractivity contribution in [2.45, 2.75) is 77.8 Å². The second-order valence-electron chi connectivity index (χ2n) is 7.53. The number of aryl methyl sites for hydroxylation is 1. The number of H-pyrrole nitrogens is 1. The second-order valence-corrected chi connectivity index (χ2v) is 12.3. The van der Waals surface area contributed by atoms with E-state index in [0.717, 1.165) is 12.1 Å². The van der Waals surface area contributed by atoms with Crippen LogP contribution in [0.2, 0.25) is 18.1 Å². The maximum atomic E-state index is 12.3. The maximum absolute atomic E-state index is 12.3. The molecule has 0 radical (unpaired) electrons. The van der Waals surface area contributed by atoms with Crippen LogP contribution in [0.4, 0.5) is 0 Å². The maximum Gasteiger partial charge on any atom is 0.356 e. The normalized spacial score (nSPS) is 15.0. The van der Waals surface area contributed by atoms with Crippen molar-refractivity contribution in [2.75, 3.05) is 0 Å². The van der Waals surface area contributed by atoms with E-state index in [1.165, 1.54) is 6.20 Å². The molecule has 0 saturated heterocycles. The lowest BCUT2D eigenvalue weighted by molar-refractivity contribution is -0.111. The fraction of sp³-hybridized carbons (Fsp3) is 0.706. The highest BCUT2D eigenvalue weighted by molar-refractivity contribution is 6.74. The van der Waals surface area contributed by atoms with Gasteiger partial charge in [-0.1, -0.05) is 27.7 Å². The van der Waals surface area contributed by atoms with Crippen LogP contribution in [0.15, 0.2) is 6.20 Å². The van der Waals surface area contributed by atoms with Crippen molar-refractivity contribution in [1.29, 1.82) is 0 Å². The highest BCUT2D eigenvalue weighted by atomic mass is 28.4. The molecule has 1 N–H and O–H groups in total. The van der Waals surface area contributed by atoms with Gasteiger partial charge >= 0.3 is 5.97 Å². The van der Waals surface area contributed by atoms with E-state index in [1.807, 2.05) is 13.8 Å². The van der Waals surface area contributed by atoms with Gasteiger partial charge in [0.15, 0.2) is 8.32 Å². The van der Waals surface area contributed by atoms with E-state index in [2.05, 4.69) is 43.8 Å². The van der Waals surface area contributed by atoms with Gasteiger partial charge in [-0.25, -0.2) is 9.78 Å². The quantitative estimate of drug-likeness (QED) is 0.439. The summed E-state index contributed by atoms with van der Waals surface area (Å²) in [5.41, 5.74) is 0.294. The Hall–Kier alpha value is -1.47. The molecule has 2 atom stereocenters. The molecule has 0 bridgehead atoms. The van der Waals surface area contributed by atoms with Crippen LogP contribution in [0.25, 0.3) is 0 Å². The van der Waals surface area contributed by atoms with Crippen LogP contribution >= 0.6 is 0 Å². The number of aldehydes is 1. The number of nitrogens with one attached hydrogen (secondary N) is 1. The SMILES string of the molecule is CCc1ncc(C(=O)O[C@H](CC=O)[C@H](C)O[Si](C)(C)C(C)(C)C)[nH]1. The average Bonchev–Trinajstić information content (AvgIpc) is 2.94. The van der Waals surface area contributed by atoms with Crippen LogP contribution < -0.4 is 0 Å². The summed E-state index contributed by atoms with van der Waals surface area (Å²) in [6, 6.07) is 0. The molecule has 1 heterocycles. The molecule has 24 heavy (non-hydrogen) atoms. The number of nitrogens with zero attached hydrogens (tertiary/aromatic N) is 1. The van der Waals surface area contributed by atoms with Gasteiger partial charge in [0.1, 0.15) is 23.9 Å². The first-order chi connectivity index (χ1) is 11.0. The molecule has 0 spiro atoms. The van der Waals surface area contributed by atoms with Gasteiger partial charge in [-0.15, -0.1) is 0 Å². The van der Waals surface area contributed by atoms with Gasteiger partial charge in [0.2, 0.25) is 0 Å². The lowest BCUT2D eigenvalue weighted by Crippen LogP contribution is -2.47. The smallest absolute Gasteiger partial charge is 0.356 e. The van der Waals surface area contributed by atoms with Gasteiger partial charge < -0.3 is 18.9 Å². The molecule has 1 aromatic heterocycles. The lowest BCUT2D eigenvalue weighted by atomic mass is 10.2. The molecule has 6 nitrogen and oxygen atoms in total. The third kappa shape index (κ3) is 5.27. The molecule has 136 valence electrons. The molecule has 0 unspecified atom stereocenters. The first-order valence-corrected chi connectivity index (χ1v) is 11.3. The van der Waals surface area contributed by atoms with Gasteiger partial charge in [0.25, 0.3) is 0 Å². The number of esters is 1. The minimum Gasteiger partial charge on any atom is -0.455 e. The molecule has 0 aliphatic rings. The van der Waals surface area contributed by atoms with E-state index in [1.54, 1.807) is 0 Å². The van der Waals surface area contributed by atoms with Gasteiger partial charge in [-0.2, -0.15) is 0 Å². The Balaban J connectivity index is 2.82. The Bertz CT molecular complexity index is 563.